The third-order valence-corrected chi connectivity index (χ3v) is 5.75. The summed E-state index contributed by atoms with van der Waals surface area (Å²) in [6.45, 7) is 1.77. The number of amides is 4. The number of rotatable bonds is 5. The zero-order valence-electron chi connectivity index (χ0n) is 15.2. The average Bonchev–Trinajstić information content (AvgIpc) is 3.37. The van der Waals surface area contributed by atoms with E-state index in [4.69, 9.17) is 8.83 Å². The first kappa shape index (κ1) is 18.5. The number of carbonyl (C=O) groups is 3. The highest BCUT2D eigenvalue weighted by atomic mass is 32.2. The Labute approximate surface area is 164 Å². The van der Waals surface area contributed by atoms with E-state index in [1.54, 1.807) is 13.0 Å². The summed E-state index contributed by atoms with van der Waals surface area (Å²) < 4.78 is 10.7. The topological polar surface area (TPSA) is 131 Å². The van der Waals surface area contributed by atoms with Gasteiger partial charge in [0.1, 0.15) is 11.3 Å². The molecule has 2 N–H and O–H groups in total. The molecule has 1 spiro atoms. The quantitative estimate of drug-likeness (QED) is 0.571. The first-order valence-electron chi connectivity index (χ1n) is 8.95. The van der Waals surface area contributed by atoms with Crippen LogP contribution in [0.2, 0.25) is 0 Å². The first-order chi connectivity index (χ1) is 13.5. The molecule has 0 aromatic carbocycles. The lowest BCUT2D eigenvalue weighted by molar-refractivity contribution is -0.139. The molecule has 0 radical (unpaired) electrons. The van der Waals surface area contributed by atoms with Crippen LogP contribution < -0.4 is 10.7 Å². The summed E-state index contributed by atoms with van der Waals surface area (Å²) >= 11 is 1.01. The van der Waals surface area contributed by atoms with Crippen molar-refractivity contribution in [3.63, 3.8) is 0 Å². The SMILES string of the molecule is Cc1occc1-c1nnc(SCC(=O)NN2C(=O)NC3(CCCCC3)C2=O)o1. The Balaban J connectivity index is 1.34. The lowest BCUT2D eigenvalue weighted by Crippen LogP contribution is -2.51. The second-order valence-electron chi connectivity index (χ2n) is 6.80. The van der Waals surface area contributed by atoms with Gasteiger partial charge >= 0.3 is 6.03 Å². The van der Waals surface area contributed by atoms with Gasteiger partial charge in [0.15, 0.2) is 0 Å². The predicted molar refractivity (Wildman–Crippen MR) is 96.8 cm³/mol. The maximum Gasteiger partial charge on any atom is 0.344 e. The van der Waals surface area contributed by atoms with E-state index >= 15 is 0 Å². The largest absolute Gasteiger partial charge is 0.469 e. The smallest absolute Gasteiger partial charge is 0.344 e. The first-order valence-corrected chi connectivity index (χ1v) is 9.94. The maximum atomic E-state index is 12.6. The molecule has 0 bridgehead atoms. The van der Waals surface area contributed by atoms with E-state index in [0.29, 0.717) is 30.1 Å². The number of aromatic nitrogens is 2. The molecule has 1 saturated carbocycles. The zero-order chi connectivity index (χ0) is 19.7. The number of hydrogen-bond acceptors (Lipinski definition) is 8. The molecule has 2 fully saturated rings. The monoisotopic (exact) mass is 405 g/mol. The van der Waals surface area contributed by atoms with Gasteiger partial charge in [-0.05, 0) is 25.8 Å². The van der Waals surface area contributed by atoms with E-state index in [-0.39, 0.29) is 11.0 Å². The maximum absolute atomic E-state index is 12.6. The third kappa shape index (κ3) is 3.37. The highest BCUT2D eigenvalue weighted by Gasteiger charge is 2.52. The van der Waals surface area contributed by atoms with Gasteiger partial charge in [0.2, 0.25) is 5.91 Å². The number of nitrogens with one attached hydrogen (secondary N) is 2. The number of hydrazine groups is 1. The zero-order valence-corrected chi connectivity index (χ0v) is 16.0. The Morgan fingerprint density at radius 3 is 2.82 bits per heavy atom. The molecule has 1 aliphatic heterocycles. The number of urea groups is 1. The van der Waals surface area contributed by atoms with Gasteiger partial charge in [-0.3, -0.25) is 15.0 Å². The van der Waals surface area contributed by atoms with E-state index in [0.717, 1.165) is 36.0 Å². The molecule has 2 aliphatic rings. The molecule has 2 aromatic heterocycles. The van der Waals surface area contributed by atoms with Crippen molar-refractivity contribution in [3.05, 3.63) is 18.1 Å². The molecule has 28 heavy (non-hydrogen) atoms. The van der Waals surface area contributed by atoms with E-state index in [2.05, 4.69) is 20.9 Å². The van der Waals surface area contributed by atoms with Crippen molar-refractivity contribution in [2.24, 2.45) is 0 Å². The van der Waals surface area contributed by atoms with Gasteiger partial charge in [-0.25, -0.2) is 4.79 Å². The van der Waals surface area contributed by atoms with Crippen molar-refractivity contribution in [2.45, 2.75) is 49.8 Å². The van der Waals surface area contributed by atoms with Crippen molar-refractivity contribution in [1.82, 2.24) is 25.9 Å². The van der Waals surface area contributed by atoms with Gasteiger partial charge < -0.3 is 14.2 Å². The van der Waals surface area contributed by atoms with E-state index in [1.165, 1.54) is 6.26 Å². The van der Waals surface area contributed by atoms with Crippen LogP contribution in [0.25, 0.3) is 11.5 Å². The van der Waals surface area contributed by atoms with Crippen molar-refractivity contribution < 1.29 is 23.2 Å². The number of imide groups is 1. The predicted octanol–water partition coefficient (Wildman–Crippen LogP) is 2.02. The fraction of sp³-hybridized carbons (Fsp3) is 0.471. The van der Waals surface area contributed by atoms with Crippen LogP contribution in [0.3, 0.4) is 0 Å². The normalized spacial score (nSPS) is 18.5. The van der Waals surface area contributed by atoms with E-state index < -0.39 is 23.4 Å². The number of furan rings is 1. The van der Waals surface area contributed by atoms with E-state index in [9.17, 15) is 14.4 Å². The third-order valence-electron chi connectivity index (χ3n) is 4.93. The van der Waals surface area contributed by atoms with Crippen molar-refractivity contribution >= 4 is 29.6 Å². The minimum absolute atomic E-state index is 0.0872. The van der Waals surface area contributed by atoms with Crippen LogP contribution in [0.5, 0.6) is 0 Å². The van der Waals surface area contributed by atoms with Crippen molar-refractivity contribution in [3.8, 4) is 11.5 Å². The average molecular weight is 405 g/mol. The Kier molecular flexibility index (Phi) is 4.84. The van der Waals surface area contributed by atoms with Crippen LogP contribution in [-0.2, 0) is 9.59 Å². The molecule has 2 aromatic rings. The summed E-state index contributed by atoms with van der Waals surface area (Å²) in [5, 5.41) is 11.5. The standard InChI is InChI=1S/C17H19N5O5S/c1-10-11(5-8-26-10)13-19-20-16(27-13)28-9-12(23)21-22-14(24)17(18-15(22)25)6-3-2-4-7-17/h5,8H,2-4,6-7,9H2,1H3,(H,18,25)(H,21,23). The van der Waals surface area contributed by atoms with Crippen LogP contribution in [-0.4, -0.2) is 44.3 Å². The molecule has 0 unspecified atom stereocenters. The second kappa shape index (κ2) is 7.30. The van der Waals surface area contributed by atoms with Crippen LogP contribution in [0.15, 0.2) is 26.4 Å². The number of hydrogen-bond donors (Lipinski definition) is 2. The number of aryl methyl sites for hydroxylation is 1. The number of nitrogens with zero attached hydrogens (tertiary/aromatic N) is 3. The summed E-state index contributed by atoms with van der Waals surface area (Å²) in [6.07, 6.45) is 5.50. The minimum Gasteiger partial charge on any atom is -0.469 e. The van der Waals surface area contributed by atoms with Crippen LogP contribution in [0, 0.1) is 6.92 Å². The highest BCUT2D eigenvalue weighted by molar-refractivity contribution is 7.99. The fourth-order valence-electron chi connectivity index (χ4n) is 3.48. The lowest BCUT2D eigenvalue weighted by Gasteiger charge is -2.30. The molecular weight excluding hydrogens is 386 g/mol. The van der Waals surface area contributed by atoms with Gasteiger partial charge in [-0.2, -0.15) is 5.01 Å². The van der Waals surface area contributed by atoms with Crippen molar-refractivity contribution in [1.29, 1.82) is 0 Å². The number of thioether (sulfide) groups is 1. The Hall–Kier alpha value is -2.82. The van der Waals surface area contributed by atoms with Gasteiger partial charge in [0.25, 0.3) is 17.0 Å². The van der Waals surface area contributed by atoms with Crippen molar-refractivity contribution in [2.75, 3.05) is 5.75 Å². The Bertz CT molecular complexity index is 917. The number of carbonyl (C=O) groups excluding carboxylic acids is 3. The molecule has 0 atom stereocenters. The molecular formula is C17H19N5O5S. The fourth-order valence-corrected chi connectivity index (χ4v) is 4.04. The molecule has 10 nitrogen and oxygen atoms in total. The highest BCUT2D eigenvalue weighted by Crippen LogP contribution is 2.33. The lowest BCUT2D eigenvalue weighted by atomic mass is 9.82. The summed E-state index contributed by atoms with van der Waals surface area (Å²) in [6, 6.07) is 1.11. The van der Waals surface area contributed by atoms with Gasteiger partial charge in [-0.1, -0.05) is 31.0 Å². The van der Waals surface area contributed by atoms with Gasteiger partial charge in [-0.15, -0.1) is 10.2 Å². The van der Waals surface area contributed by atoms with Crippen LogP contribution in [0.1, 0.15) is 37.9 Å². The Morgan fingerprint density at radius 1 is 1.32 bits per heavy atom. The van der Waals surface area contributed by atoms with E-state index in [1.807, 2.05) is 0 Å². The molecule has 4 amide bonds. The summed E-state index contributed by atoms with van der Waals surface area (Å²) in [5.74, 6) is -0.0573. The molecule has 1 aliphatic carbocycles. The molecule has 11 heteroatoms. The Morgan fingerprint density at radius 2 is 2.11 bits per heavy atom. The van der Waals surface area contributed by atoms with Crippen LogP contribution >= 0.6 is 11.8 Å². The summed E-state index contributed by atoms with van der Waals surface area (Å²) in [5.41, 5.74) is 2.18. The molecule has 1 saturated heterocycles. The molecule has 3 heterocycles. The molecule has 148 valence electrons. The summed E-state index contributed by atoms with van der Waals surface area (Å²) in [7, 11) is 0. The van der Waals surface area contributed by atoms with Gasteiger partial charge in [0, 0.05) is 0 Å². The second-order valence-corrected chi connectivity index (χ2v) is 7.73. The van der Waals surface area contributed by atoms with Gasteiger partial charge in [0.05, 0.1) is 17.6 Å². The van der Waals surface area contributed by atoms with Crippen LogP contribution in [0.4, 0.5) is 4.79 Å². The minimum atomic E-state index is -0.875. The summed E-state index contributed by atoms with van der Waals surface area (Å²) in [4.78, 5) is 37.0. The molecule has 4 rings (SSSR count).